The summed E-state index contributed by atoms with van der Waals surface area (Å²) in [6.07, 6.45) is 6.14. The van der Waals surface area contributed by atoms with Crippen LogP contribution in [0.3, 0.4) is 0 Å². The minimum Gasteiger partial charge on any atom is -0.466 e. The molecule has 0 bridgehead atoms. The van der Waals surface area contributed by atoms with E-state index in [1.165, 1.54) is 0 Å². The maximum atomic E-state index is 11.3. The molecule has 0 aromatic rings. The van der Waals surface area contributed by atoms with Crippen LogP contribution in [0.4, 0.5) is 0 Å². The molecular weight excluding hydrogens is 218 g/mol. The number of ether oxygens (including phenoxy) is 2. The van der Waals surface area contributed by atoms with Crippen LogP contribution in [-0.2, 0) is 14.3 Å². The summed E-state index contributed by atoms with van der Waals surface area (Å²) >= 11 is 0. The summed E-state index contributed by atoms with van der Waals surface area (Å²) in [6, 6.07) is 0. The minimum absolute atomic E-state index is 0.147. The Balaban J connectivity index is 3.32. The topological polar surface area (TPSA) is 47.6 Å². The Morgan fingerprint density at radius 1 is 1.47 bits per heavy atom. The second-order valence-electron chi connectivity index (χ2n) is 3.83. The number of carbonyl (C=O) groups excluding carboxylic acids is 1. The number of rotatable bonds is 10. The van der Waals surface area contributed by atoms with Crippen LogP contribution in [0.1, 0.15) is 40.0 Å². The highest BCUT2D eigenvalue weighted by atomic mass is 16.5. The third kappa shape index (κ3) is 11.2. The Morgan fingerprint density at radius 3 is 2.88 bits per heavy atom. The fourth-order valence-electron chi connectivity index (χ4n) is 1.37. The quantitative estimate of drug-likeness (QED) is 0.472. The van der Waals surface area contributed by atoms with Crippen molar-refractivity contribution in [2.24, 2.45) is 0 Å². The first kappa shape index (κ1) is 16.0. The standard InChI is InChI=1S/C13H25NO3/c1-4-9-14-10-8-13(15)17-11-6-7-12(3)16-5-2/h4,9,12,14H,5-8,10-11H2,1-3H3/b9-4-. The van der Waals surface area contributed by atoms with Crippen molar-refractivity contribution in [2.45, 2.75) is 46.1 Å². The van der Waals surface area contributed by atoms with Gasteiger partial charge in [0, 0.05) is 13.2 Å². The molecule has 4 heteroatoms. The molecule has 0 aliphatic carbocycles. The van der Waals surface area contributed by atoms with Crippen molar-refractivity contribution in [3.05, 3.63) is 12.3 Å². The lowest BCUT2D eigenvalue weighted by Gasteiger charge is -2.11. The van der Waals surface area contributed by atoms with Crippen molar-refractivity contribution in [1.82, 2.24) is 5.32 Å². The van der Waals surface area contributed by atoms with Gasteiger partial charge in [-0.3, -0.25) is 4.79 Å². The van der Waals surface area contributed by atoms with E-state index in [0.29, 0.717) is 19.6 Å². The Morgan fingerprint density at radius 2 is 2.24 bits per heavy atom. The highest BCUT2D eigenvalue weighted by Crippen LogP contribution is 2.01. The molecule has 0 aliphatic heterocycles. The third-order valence-corrected chi connectivity index (χ3v) is 2.23. The van der Waals surface area contributed by atoms with Gasteiger partial charge < -0.3 is 14.8 Å². The van der Waals surface area contributed by atoms with E-state index < -0.39 is 0 Å². The molecule has 17 heavy (non-hydrogen) atoms. The maximum Gasteiger partial charge on any atom is 0.307 e. The molecule has 0 fully saturated rings. The summed E-state index contributed by atoms with van der Waals surface area (Å²) in [4.78, 5) is 11.3. The van der Waals surface area contributed by atoms with Gasteiger partial charge in [-0.2, -0.15) is 0 Å². The molecule has 0 heterocycles. The third-order valence-electron chi connectivity index (χ3n) is 2.23. The van der Waals surface area contributed by atoms with Gasteiger partial charge in [0.1, 0.15) is 0 Å². The smallest absolute Gasteiger partial charge is 0.307 e. The van der Waals surface area contributed by atoms with Gasteiger partial charge >= 0.3 is 5.97 Å². The molecule has 1 unspecified atom stereocenters. The highest BCUT2D eigenvalue weighted by Gasteiger charge is 2.03. The van der Waals surface area contributed by atoms with E-state index in [2.05, 4.69) is 5.32 Å². The largest absolute Gasteiger partial charge is 0.466 e. The monoisotopic (exact) mass is 243 g/mol. The first-order valence-electron chi connectivity index (χ1n) is 6.32. The Hall–Kier alpha value is -1.03. The van der Waals surface area contributed by atoms with Crippen molar-refractivity contribution in [3.63, 3.8) is 0 Å². The number of esters is 1. The van der Waals surface area contributed by atoms with Crippen LogP contribution in [0, 0.1) is 0 Å². The number of nitrogens with one attached hydrogen (secondary N) is 1. The van der Waals surface area contributed by atoms with E-state index in [-0.39, 0.29) is 12.1 Å². The number of allylic oxidation sites excluding steroid dienone is 1. The van der Waals surface area contributed by atoms with E-state index in [0.717, 1.165) is 19.4 Å². The second-order valence-corrected chi connectivity index (χ2v) is 3.83. The van der Waals surface area contributed by atoms with Gasteiger partial charge in [-0.05, 0) is 39.8 Å². The molecule has 0 rings (SSSR count). The summed E-state index contributed by atoms with van der Waals surface area (Å²) < 4.78 is 10.5. The van der Waals surface area contributed by atoms with Gasteiger partial charge in [-0.15, -0.1) is 0 Å². The zero-order valence-corrected chi connectivity index (χ0v) is 11.2. The molecule has 0 aromatic carbocycles. The summed E-state index contributed by atoms with van der Waals surface area (Å²) in [7, 11) is 0. The average molecular weight is 243 g/mol. The summed E-state index contributed by atoms with van der Waals surface area (Å²) in [5, 5.41) is 2.99. The van der Waals surface area contributed by atoms with Crippen molar-refractivity contribution < 1.29 is 14.3 Å². The summed E-state index contributed by atoms with van der Waals surface area (Å²) in [6.45, 7) is 7.78. The van der Waals surface area contributed by atoms with Gasteiger partial charge in [-0.1, -0.05) is 6.08 Å². The fraction of sp³-hybridized carbons (Fsp3) is 0.769. The molecule has 0 radical (unpaired) electrons. The molecule has 0 amide bonds. The minimum atomic E-state index is -0.147. The average Bonchev–Trinajstić information content (AvgIpc) is 2.31. The lowest BCUT2D eigenvalue weighted by molar-refractivity contribution is -0.143. The second kappa shape index (κ2) is 11.5. The highest BCUT2D eigenvalue weighted by molar-refractivity contribution is 5.69. The lowest BCUT2D eigenvalue weighted by atomic mass is 10.2. The van der Waals surface area contributed by atoms with Crippen molar-refractivity contribution >= 4 is 5.97 Å². The normalized spacial score (nSPS) is 12.6. The van der Waals surface area contributed by atoms with E-state index in [4.69, 9.17) is 9.47 Å². The maximum absolute atomic E-state index is 11.3. The number of carbonyl (C=O) groups is 1. The Kier molecular flexibility index (Phi) is 10.8. The van der Waals surface area contributed by atoms with E-state index in [9.17, 15) is 4.79 Å². The molecule has 4 nitrogen and oxygen atoms in total. The SMILES string of the molecule is C/C=C\NCCC(=O)OCCCC(C)OCC. The van der Waals surface area contributed by atoms with Crippen LogP contribution in [-0.4, -0.2) is 31.8 Å². The van der Waals surface area contributed by atoms with Crippen LogP contribution in [0.5, 0.6) is 0 Å². The van der Waals surface area contributed by atoms with Gasteiger partial charge in [0.2, 0.25) is 0 Å². The van der Waals surface area contributed by atoms with Gasteiger partial charge in [-0.25, -0.2) is 0 Å². The predicted octanol–water partition coefficient (Wildman–Crippen LogP) is 2.25. The van der Waals surface area contributed by atoms with Gasteiger partial charge in [0.25, 0.3) is 0 Å². The summed E-state index contributed by atoms with van der Waals surface area (Å²) in [5.74, 6) is -0.147. The molecule has 0 saturated heterocycles. The molecular formula is C13H25NO3. The molecule has 0 aromatic heterocycles. The van der Waals surface area contributed by atoms with Crippen molar-refractivity contribution in [2.75, 3.05) is 19.8 Å². The van der Waals surface area contributed by atoms with Crippen LogP contribution in [0.15, 0.2) is 12.3 Å². The van der Waals surface area contributed by atoms with E-state index >= 15 is 0 Å². The number of hydrogen-bond acceptors (Lipinski definition) is 4. The Labute approximate surface area is 104 Å². The lowest BCUT2D eigenvalue weighted by Crippen LogP contribution is -2.15. The molecule has 0 aliphatic rings. The molecule has 1 N–H and O–H groups in total. The number of hydrogen-bond donors (Lipinski definition) is 1. The summed E-state index contributed by atoms with van der Waals surface area (Å²) in [5.41, 5.74) is 0. The molecule has 0 spiro atoms. The van der Waals surface area contributed by atoms with Crippen LogP contribution in [0.25, 0.3) is 0 Å². The van der Waals surface area contributed by atoms with Crippen LogP contribution >= 0.6 is 0 Å². The van der Waals surface area contributed by atoms with Gasteiger partial charge in [0.15, 0.2) is 0 Å². The molecule has 1 atom stereocenters. The first-order valence-corrected chi connectivity index (χ1v) is 6.32. The zero-order chi connectivity index (χ0) is 12.9. The van der Waals surface area contributed by atoms with Gasteiger partial charge in [0.05, 0.1) is 19.1 Å². The zero-order valence-electron chi connectivity index (χ0n) is 11.2. The Bertz CT molecular complexity index is 217. The first-order chi connectivity index (χ1) is 8.20. The predicted molar refractivity (Wildman–Crippen MR) is 68.7 cm³/mol. The van der Waals surface area contributed by atoms with Crippen molar-refractivity contribution in [3.8, 4) is 0 Å². The van der Waals surface area contributed by atoms with E-state index in [1.807, 2.05) is 33.0 Å². The molecule has 0 saturated carbocycles. The fourth-order valence-corrected chi connectivity index (χ4v) is 1.37. The van der Waals surface area contributed by atoms with Crippen LogP contribution < -0.4 is 5.32 Å². The van der Waals surface area contributed by atoms with E-state index in [1.54, 1.807) is 0 Å². The molecule has 100 valence electrons. The van der Waals surface area contributed by atoms with Crippen LogP contribution in [0.2, 0.25) is 0 Å². The van der Waals surface area contributed by atoms with Crippen molar-refractivity contribution in [1.29, 1.82) is 0 Å².